The molecule has 0 spiro atoms. The van der Waals surface area contributed by atoms with Gasteiger partial charge in [0.05, 0.1) is 16.1 Å². The summed E-state index contributed by atoms with van der Waals surface area (Å²) in [5, 5.41) is 11.0. The molecule has 2 unspecified atom stereocenters. The van der Waals surface area contributed by atoms with Crippen LogP contribution in [0.15, 0.2) is 12.1 Å². The zero-order valence-corrected chi connectivity index (χ0v) is 13.3. The van der Waals surface area contributed by atoms with Gasteiger partial charge in [0.15, 0.2) is 0 Å². The molecular formula is C16H15Cl2NO2. The van der Waals surface area contributed by atoms with Crippen LogP contribution >= 0.6 is 23.2 Å². The second-order valence-corrected chi connectivity index (χ2v) is 6.73. The quantitative estimate of drug-likeness (QED) is 0.809. The van der Waals surface area contributed by atoms with Gasteiger partial charge in [-0.05, 0) is 42.4 Å². The highest BCUT2D eigenvalue weighted by Gasteiger charge is 2.30. The highest BCUT2D eigenvalue weighted by molar-refractivity contribution is 6.38. The Morgan fingerprint density at radius 2 is 2.05 bits per heavy atom. The minimum absolute atomic E-state index is 0.171. The van der Waals surface area contributed by atoms with Crippen LogP contribution in [0.2, 0.25) is 10.0 Å². The van der Waals surface area contributed by atoms with Gasteiger partial charge < -0.3 is 5.11 Å². The van der Waals surface area contributed by atoms with Crippen molar-refractivity contribution in [3.05, 3.63) is 39.0 Å². The number of pyridine rings is 1. The number of aromatic nitrogens is 1. The van der Waals surface area contributed by atoms with Gasteiger partial charge in [-0.25, -0.2) is 4.79 Å². The van der Waals surface area contributed by atoms with Crippen molar-refractivity contribution in [1.29, 1.82) is 0 Å². The lowest BCUT2D eigenvalue weighted by Crippen LogP contribution is -2.20. The van der Waals surface area contributed by atoms with Gasteiger partial charge in [0, 0.05) is 16.1 Å². The molecule has 0 bridgehead atoms. The minimum atomic E-state index is -0.946. The number of fused-ring (bicyclic) bond motifs is 2. The van der Waals surface area contributed by atoms with Crippen LogP contribution in [0.1, 0.15) is 47.8 Å². The number of halogens is 2. The molecule has 0 saturated carbocycles. The van der Waals surface area contributed by atoms with Crippen LogP contribution in [0, 0.1) is 5.92 Å². The van der Waals surface area contributed by atoms with Gasteiger partial charge in [0.2, 0.25) is 0 Å². The van der Waals surface area contributed by atoms with E-state index in [2.05, 4.69) is 18.8 Å². The summed E-state index contributed by atoms with van der Waals surface area (Å²) in [6, 6.07) is 3.25. The second-order valence-electron chi connectivity index (χ2n) is 5.88. The molecule has 1 aliphatic carbocycles. The molecule has 1 aliphatic rings. The van der Waals surface area contributed by atoms with Crippen LogP contribution in [0.4, 0.5) is 0 Å². The second kappa shape index (κ2) is 5.15. The fourth-order valence-corrected chi connectivity index (χ4v) is 3.94. The first-order valence-electron chi connectivity index (χ1n) is 6.93. The maximum atomic E-state index is 11.8. The molecule has 1 aromatic carbocycles. The summed E-state index contributed by atoms with van der Waals surface area (Å²) in [6.07, 6.45) is 1.75. The third kappa shape index (κ3) is 2.39. The maximum Gasteiger partial charge on any atom is 0.336 e. The molecule has 5 heteroatoms. The molecule has 0 fully saturated rings. The van der Waals surface area contributed by atoms with E-state index in [1.807, 2.05) is 0 Å². The fourth-order valence-electron chi connectivity index (χ4n) is 3.41. The van der Waals surface area contributed by atoms with E-state index >= 15 is 0 Å². The molecule has 2 atom stereocenters. The zero-order valence-electron chi connectivity index (χ0n) is 11.8. The van der Waals surface area contributed by atoms with E-state index in [-0.39, 0.29) is 5.92 Å². The minimum Gasteiger partial charge on any atom is -0.478 e. The van der Waals surface area contributed by atoms with Gasteiger partial charge >= 0.3 is 5.97 Å². The molecule has 1 aromatic heterocycles. The molecule has 0 saturated heterocycles. The van der Waals surface area contributed by atoms with E-state index in [9.17, 15) is 9.90 Å². The van der Waals surface area contributed by atoms with Crippen molar-refractivity contribution in [2.75, 3.05) is 0 Å². The number of hydrogen-bond donors (Lipinski definition) is 1. The first kappa shape index (κ1) is 14.6. The van der Waals surface area contributed by atoms with Crippen molar-refractivity contribution in [1.82, 2.24) is 4.98 Å². The Balaban J connectivity index is 2.45. The summed E-state index contributed by atoms with van der Waals surface area (Å²) in [5.41, 5.74) is 2.53. The molecular weight excluding hydrogens is 309 g/mol. The third-order valence-corrected chi connectivity index (χ3v) is 4.64. The number of benzene rings is 1. The van der Waals surface area contributed by atoms with Gasteiger partial charge in [-0.15, -0.1) is 0 Å². The number of carbonyl (C=O) groups is 1. The Bertz CT molecular complexity index is 758. The lowest BCUT2D eigenvalue weighted by Gasteiger charge is -2.28. The molecule has 110 valence electrons. The van der Waals surface area contributed by atoms with Gasteiger partial charge in [0.1, 0.15) is 0 Å². The molecule has 2 aromatic rings. The van der Waals surface area contributed by atoms with Gasteiger partial charge in [-0.3, -0.25) is 4.98 Å². The van der Waals surface area contributed by atoms with Crippen LogP contribution in [-0.2, 0) is 6.42 Å². The largest absolute Gasteiger partial charge is 0.478 e. The van der Waals surface area contributed by atoms with E-state index in [4.69, 9.17) is 23.2 Å². The number of nitrogens with zero attached hydrogens (tertiary/aromatic N) is 1. The summed E-state index contributed by atoms with van der Waals surface area (Å²) in [4.78, 5) is 16.5. The van der Waals surface area contributed by atoms with Crippen LogP contribution in [0.25, 0.3) is 10.9 Å². The van der Waals surface area contributed by atoms with Crippen molar-refractivity contribution in [2.45, 2.75) is 32.6 Å². The Morgan fingerprint density at radius 3 is 2.71 bits per heavy atom. The summed E-state index contributed by atoms with van der Waals surface area (Å²) in [5.74, 6) is -0.284. The Morgan fingerprint density at radius 1 is 1.33 bits per heavy atom. The summed E-state index contributed by atoms with van der Waals surface area (Å²) < 4.78 is 0. The molecule has 0 aliphatic heterocycles. The highest BCUT2D eigenvalue weighted by atomic mass is 35.5. The van der Waals surface area contributed by atoms with Gasteiger partial charge in [-0.1, -0.05) is 37.0 Å². The highest BCUT2D eigenvalue weighted by Crippen LogP contribution is 2.40. The number of aromatic carboxylic acids is 1. The van der Waals surface area contributed by atoms with Crippen LogP contribution < -0.4 is 0 Å². The molecule has 3 nitrogen and oxygen atoms in total. The Labute approximate surface area is 132 Å². The lowest BCUT2D eigenvalue weighted by atomic mass is 9.78. The SMILES string of the molecule is CC1Cc2nc3c(Cl)cc(Cl)cc3c(C(=O)O)c2C(C)C1. The average molecular weight is 324 g/mol. The van der Waals surface area contributed by atoms with Gasteiger partial charge in [0.25, 0.3) is 0 Å². The van der Waals surface area contributed by atoms with E-state index in [1.54, 1.807) is 12.1 Å². The molecule has 0 radical (unpaired) electrons. The number of carboxylic acid groups (broad SMARTS) is 1. The molecule has 0 amide bonds. The monoisotopic (exact) mass is 323 g/mol. The fraction of sp³-hybridized carbons (Fsp3) is 0.375. The molecule has 3 rings (SSSR count). The topological polar surface area (TPSA) is 50.2 Å². The lowest BCUT2D eigenvalue weighted by molar-refractivity contribution is 0.0696. The molecule has 1 heterocycles. The van der Waals surface area contributed by atoms with Gasteiger partial charge in [-0.2, -0.15) is 0 Å². The first-order valence-corrected chi connectivity index (χ1v) is 7.69. The van der Waals surface area contributed by atoms with E-state index in [1.165, 1.54) is 0 Å². The van der Waals surface area contributed by atoms with Crippen LogP contribution in [0.5, 0.6) is 0 Å². The van der Waals surface area contributed by atoms with Crippen molar-refractivity contribution < 1.29 is 9.90 Å². The van der Waals surface area contributed by atoms with Crippen molar-refractivity contribution >= 4 is 40.1 Å². The zero-order chi connectivity index (χ0) is 15.3. The summed E-state index contributed by atoms with van der Waals surface area (Å²) >= 11 is 12.3. The maximum absolute atomic E-state index is 11.8. The van der Waals surface area contributed by atoms with Crippen molar-refractivity contribution in [2.24, 2.45) is 5.92 Å². The normalized spacial score (nSPS) is 21.3. The standard InChI is InChI=1S/C16H15Cl2NO2/c1-7-3-8(2)13-12(4-7)19-15-10(14(13)16(20)21)5-9(17)6-11(15)18/h5-8H,3-4H2,1-2H3,(H,20,21). The Hall–Kier alpha value is -1.32. The Kier molecular flexibility index (Phi) is 3.58. The van der Waals surface area contributed by atoms with E-state index in [0.717, 1.165) is 24.1 Å². The van der Waals surface area contributed by atoms with Crippen molar-refractivity contribution in [3.8, 4) is 0 Å². The van der Waals surface area contributed by atoms with Crippen molar-refractivity contribution in [3.63, 3.8) is 0 Å². The van der Waals surface area contributed by atoms with E-state index < -0.39 is 5.97 Å². The number of hydrogen-bond acceptors (Lipinski definition) is 2. The predicted octanol–water partition coefficient (Wildman–Crippen LogP) is 4.93. The smallest absolute Gasteiger partial charge is 0.336 e. The first-order chi connectivity index (χ1) is 9.88. The summed E-state index contributed by atoms with van der Waals surface area (Å²) in [7, 11) is 0. The predicted molar refractivity (Wildman–Crippen MR) is 84.6 cm³/mol. The third-order valence-electron chi connectivity index (χ3n) is 4.13. The van der Waals surface area contributed by atoms with Crippen LogP contribution in [0.3, 0.4) is 0 Å². The number of carboxylic acids is 1. The van der Waals surface area contributed by atoms with E-state index in [0.29, 0.717) is 32.4 Å². The molecule has 21 heavy (non-hydrogen) atoms. The average Bonchev–Trinajstić information content (AvgIpc) is 2.36. The molecule has 1 N–H and O–H groups in total. The summed E-state index contributed by atoms with van der Waals surface area (Å²) in [6.45, 7) is 4.22. The number of rotatable bonds is 1. The van der Waals surface area contributed by atoms with Crippen LogP contribution in [-0.4, -0.2) is 16.1 Å².